The van der Waals surface area contributed by atoms with Gasteiger partial charge in [-0.15, -0.1) is 0 Å². The molecule has 1 unspecified atom stereocenters. The lowest BCUT2D eigenvalue weighted by Crippen LogP contribution is -2.40. The van der Waals surface area contributed by atoms with Gasteiger partial charge < -0.3 is 4.74 Å². The van der Waals surface area contributed by atoms with Crippen molar-refractivity contribution in [1.82, 2.24) is 0 Å². The molecule has 0 fully saturated rings. The lowest BCUT2D eigenvalue weighted by atomic mass is 9.77. The second kappa shape index (κ2) is 9.26. The Kier molecular flexibility index (Phi) is 6.01. The molecule has 1 amide bonds. The van der Waals surface area contributed by atoms with Crippen molar-refractivity contribution in [2.24, 2.45) is 0 Å². The molecule has 1 aliphatic heterocycles. The van der Waals surface area contributed by atoms with Gasteiger partial charge in [0.2, 0.25) is 5.91 Å². The molecule has 0 spiro atoms. The van der Waals surface area contributed by atoms with Gasteiger partial charge >= 0.3 is 0 Å². The minimum Gasteiger partial charge on any atom is -0.489 e. The van der Waals surface area contributed by atoms with Crippen LogP contribution in [0.5, 0.6) is 5.75 Å². The van der Waals surface area contributed by atoms with Crippen molar-refractivity contribution in [3.8, 4) is 5.75 Å². The number of Topliss-reactive ketones (excluding diaryl/α,β-unsaturated/α-hetero) is 1. The first-order valence-electron chi connectivity index (χ1n) is 11.6. The molecule has 2 aliphatic rings. The van der Waals surface area contributed by atoms with E-state index in [1.54, 1.807) is 17.0 Å². The summed E-state index contributed by atoms with van der Waals surface area (Å²) in [7, 11) is 0. The zero-order valence-corrected chi connectivity index (χ0v) is 19.1. The molecule has 3 aromatic rings. The third-order valence-electron chi connectivity index (χ3n) is 6.51. The fraction of sp³-hybridized carbons (Fsp3) is 0.241. The zero-order chi connectivity index (χ0) is 23.7. The number of carbonyl (C=O) groups excluding carboxylic acids is 2. The number of ether oxygens (including phenoxy) is 1. The standard InChI is InChI=1S/C29H26FNO3/c1-19-5-2-6-20(15-19)18-34-24-13-11-21(12-14-24)25-17-28(33)31(23-8-3-7-22(30)16-23)26-9-4-10-27(32)29(25)26/h2-3,5-8,11-16,25H,4,9-10,17-18H2,1H3. The Bertz CT molecular complexity index is 1280. The summed E-state index contributed by atoms with van der Waals surface area (Å²) in [6, 6.07) is 21.8. The van der Waals surface area contributed by atoms with Crippen molar-refractivity contribution in [2.45, 2.75) is 45.1 Å². The number of aryl methyl sites for hydroxylation is 1. The number of hydrogen-bond acceptors (Lipinski definition) is 3. The van der Waals surface area contributed by atoms with Crippen molar-refractivity contribution in [3.05, 3.63) is 107 Å². The van der Waals surface area contributed by atoms with Gasteiger partial charge in [0, 0.05) is 30.0 Å². The van der Waals surface area contributed by atoms with Gasteiger partial charge in [0.05, 0.1) is 5.69 Å². The minimum atomic E-state index is -0.405. The van der Waals surface area contributed by atoms with E-state index in [1.807, 2.05) is 36.4 Å². The Hall–Kier alpha value is -3.73. The van der Waals surface area contributed by atoms with E-state index in [1.165, 1.54) is 17.7 Å². The zero-order valence-electron chi connectivity index (χ0n) is 19.1. The van der Waals surface area contributed by atoms with Crippen LogP contribution in [0.4, 0.5) is 10.1 Å². The predicted molar refractivity (Wildman–Crippen MR) is 129 cm³/mol. The Balaban J connectivity index is 1.42. The highest BCUT2D eigenvalue weighted by atomic mass is 19.1. The SMILES string of the molecule is Cc1cccc(COc2ccc(C3CC(=O)N(c4cccc(F)c4)C4=C3C(=O)CCC4)cc2)c1. The van der Waals surface area contributed by atoms with E-state index in [2.05, 4.69) is 19.1 Å². The van der Waals surface area contributed by atoms with Crippen LogP contribution < -0.4 is 9.64 Å². The van der Waals surface area contributed by atoms with Gasteiger partial charge in [-0.25, -0.2) is 4.39 Å². The molecule has 0 saturated heterocycles. The van der Waals surface area contributed by atoms with Gasteiger partial charge in [0.15, 0.2) is 5.78 Å². The Morgan fingerprint density at radius 1 is 0.971 bits per heavy atom. The number of hydrogen-bond donors (Lipinski definition) is 0. The van der Waals surface area contributed by atoms with Crippen molar-refractivity contribution in [3.63, 3.8) is 0 Å². The molecule has 0 N–H and O–H groups in total. The maximum absolute atomic E-state index is 13.9. The van der Waals surface area contributed by atoms with Crippen LogP contribution in [0.1, 0.15) is 48.3 Å². The van der Waals surface area contributed by atoms with Crippen LogP contribution in [0.3, 0.4) is 0 Å². The lowest BCUT2D eigenvalue weighted by molar-refractivity contribution is -0.119. The normalized spacial score (nSPS) is 18.2. The summed E-state index contributed by atoms with van der Waals surface area (Å²) < 4.78 is 19.8. The second-order valence-corrected chi connectivity index (χ2v) is 8.95. The maximum atomic E-state index is 13.9. The highest BCUT2D eigenvalue weighted by Gasteiger charge is 2.39. The van der Waals surface area contributed by atoms with Crippen LogP contribution in [0.25, 0.3) is 0 Å². The number of rotatable bonds is 5. The van der Waals surface area contributed by atoms with Gasteiger partial charge in [-0.3, -0.25) is 14.5 Å². The first-order valence-corrected chi connectivity index (χ1v) is 11.6. The lowest BCUT2D eigenvalue weighted by Gasteiger charge is -2.38. The smallest absolute Gasteiger partial charge is 0.232 e. The van der Waals surface area contributed by atoms with E-state index < -0.39 is 5.82 Å². The van der Waals surface area contributed by atoms with E-state index in [9.17, 15) is 14.0 Å². The number of amides is 1. The number of anilines is 1. The quantitative estimate of drug-likeness (QED) is 0.457. The van der Waals surface area contributed by atoms with E-state index in [0.717, 1.165) is 16.9 Å². The molecular weight excluding hydrogens is 429 g/mol. The Morgan fingerprint density at radius 3 is 2.53 bits per heavy atom. The summed E-state index contributed by atoms with van der Waals surface area (Å²) >= 11 is 0. The highest BCUT2D eigenvalue weighted by Crippen LogP contribution is 2.43. The number of ketones is 1. The van der Waals surface area contributed by atoms with Crippen LogP contribution in [0.15, 0.2) is 84.1 Å². The molecule has 34 heavy (non-hydrogen) atoms. The van der Waals surface area contributed by atoms with Crippen molar-refractivity contribution in [2.75, 3.05) is 4.90 Å². The monoisotopic (exact) mass is 455 g/mol. The van der Waals surface area contributed by atoms with Gasteiger partial charge in [0.1, 0.15) is 18.2 Å². The molecule has 1 aliphatic carbocycles. The summed E-state index contributed by atoms with van der Waals surface area (Å²) in [5, 5.41) is 0. The van der Waals surface area contributed by atoms with E-state index in [-0.39, 0.29) is 24.0 Å². The molecule has 0 aromatic heterocycles. The fourth-order valence-corrected chi connectivity index (χ4v) is 4.96. The second-order valence-electron chi connectivity index (χ2n) is 8.95. The van der Waals surface area contributed by atoms with Crippen LogP contribution in [-0.2, 0) is 16.2 Å². The molecular formula is C29H26FNO3. The summed E-state index contributed by atoms with van der Waals surface area (Å²) in [6.07, 6.45) is 1.95. The molecule has 1 atom stereocenters. The largest absolute Gasteiger partial charge is 0.489 e. The van der Waals surface area contributed by atoms with Gasteiger partial charge in [-0.1, -0.05) is 48.0 Å². The molecule has 172 valence electrons. The van der Waals surface area contributed by atoms with E-state index in [4.69, 9.17) is 4.74 Å². The third kappa shape index (κ3) is 4.38. The van der Waals surface area contributed by atoms with Crippen LogP contribution in [0, 0.1) is 12.7 Å². The first kappa shape index (κ1) is 22.1. The molecule has 5 heteroatoms. The molecule has 5 rings (SSSR count). The molecule has 3 aromatic carbocycles. The summed E-state index contributed by atoms with van der Waals surface area (Å²) in [5.74, 6) is -0.0226. The maximum Gasteiger partial charge on any atom is 0.232 e. The Labute approximate surface area is 198 Å². The van der Waals surface area contributed by atoms with E-state index in [0.29, 0.717) is 42.8 Å². The number of benzene rings is 3. The summed E-state index contributed by atoms with van der Waals surface area (Å²) in [6.45, 7) is 2.52. The minimum absolute atomic E-state index is 0.0694. The number of nitrogens with zero attached hydrogens (tertiary/aromatic N) is 1. The van der Waals surface area contributed by atoms with Crippen molar-refractivity contribution < 1.29 is 18.7 Å². The molecule has 0 radical (unpaired) electrons. The van der Waals surface area contributed by atoms with Crippen molar-refractivity contribution >= 4 is 17.4 Å². The summed E-state index contributed by atoms with van der Waals surface area (Å²) in [4.78, 5) is 27.8. The van der Waals surface area contributed by atoms with Crippen LogP contribution in [-0.4, -0.2) is 11.7 Å². The van der Waals surface area contributed by atoms with Crippen molar-refractivity contribution in [1.29, 1.82) is 0 Å². The average Bonchev–Trinajstić information content (AvgIpc) is 2.83. The van der Waals surface area contributed by atoms with Gasteiger partial charge in [-0.2, -0.15) is 0 Å². The number of allylic oxidation sites excluding steroid dienone is 2. The topological polar surface area (TPSA) is 46.6 Å². The average molecular weight is 456 g/mol. The fourth-order valence-electron chi connectivity index (χ4n) is 4.96. The number of halogens is 1. The van der Waals surface area contributed by atoms with Gasteiger partial charge in [0.25, 0.3) is 0 Å². The predicted octanol–water partition coefficient (Wildman–Crippen LogP) is 6.24. The highest BCUT2D eigenvalue weighted by molar-refractivity contribution is 6.07. The first-order chi connectivity index (χ1) is 16.5. The summed E-state index contributed by atoms with van der Waals surface area (Å²) in [5.41, 5.74) is 5.07. The molecule has 1 heterocycles. The molecule has 4 nitrogen and oxygen atoms in total. The van der Waals surface area contributed by atoms with Crippen LogP contribution >= 0.6 is 0 Å². The third-order valence-corrected chi connectivity index (χ3v) is 6.51. The van der Waals surface area contributed by atoms with Gasteiger partial charge in [-0.05, 0) is 61.2 Å². The van der Waals surface area contributed by atoms with E-state index >= 15 is 0 Å². The van der Waals surface area contributed by atoms with Crippen LogP contribution in [0.2, 0.25) is 0 Å². The Morgan fingerprint density at radius 2 is 1.76 bits per heavy atom. The molecule has 0 bridgehead atoms. The number of carbonyl (C=O) groups is 2. The molecule has 0 saturated carbocycles.